The number of likely N-dealkylation sites (tertiary alicyclic amines) is 1. The van der Waals surface area contributed by atoms with Crippen LogP contribution in [-0.2, 0) is 6.54 Å². The third kappa shape index (κ3) is 2.84. The Morgan fingerprint density at radius 3 is 2.86 bits per heavy atom. The standard InChI is InChI=1S/C19H24N2O/c1-4-5-15-7-10-21(11-8-15)13-17-16-6-9-20-19(16)14(2)12-18(17)22-3/h1,6,9,12,15,20H,5,7-8,10-11,13H2,2-3H3. The average molecular weight is 296 g/mol. The van der Waals surface area contributed by atoms with Crippen LogP contribution in [0.1, 0.15) is 30.4 Å². The van der Waals surface area contributed by atoms with Gasteiger partial charge in [0.25, 0.3) is 0 Å². The third-order valence-electron chi connectivity index (χ3n) is 4.83. The molecule has 1 aromatic heterocycles. The van der Waals surface area contributed by atoms with Gasteiger partial charge in [-0.05, 0) is 56.5 Å². The highest BCUT2D eigenvalue weighted by Crippen LogP contribution is 2.32. The second-order valence-corrected chi connectivity index (χ2v) is 6.27. The van der Waals surface area contributed by atoms with Gasteiger partial charge in [0.1, 0.15) is 5.75 Å². The highest BCUT2D eigenvalue weighted by atomic mass is 16.5. The number of nitrogens with zero attached hydrogens (tertiary/aromatic N) is 1. The van der Waals surface area contributed by atoms with Crippen molar-refractivity contribution in [2.24, 2.45) is 5.92 Å². The Morgan fingerprint density at radius 1 is 1.41 bits per heavy atom. The van der Waals surface area contributed by atoms with Crippen LogP contribution in [-0.4, -0.2) is 30.1 Å². The predicted molar refractivity (Wildman–Crippen MR) is 91.0 cm³/mol. The van der Waals surface area contributed by atoms with E-state index >= 15 is 0 Å². The second kappa shape index (κ2) is 6.46. The summed E-state index contributed by atoms with van der Waals surface area (Å²) in [4.78, 5) is 5.86. The molecule has 0 radical (unpaired) electrons. The Morgan fingerprint density at radius 2 is 2.18 bits per heavy atom. The molecule has 1 N–H and O–H groups in total. The number of nitrogens with one attached hydrogen (secondary N) is 1. The molecule has 0 bridgehead atoms. The summed E-state index contributed by atoms with van der Waals surface area (Å²) in [6.07, 6.45) is 10.8. The van der Waals surface area contributed by atoms with Gasteiger partial charge in [0.2, 0.25) is 0 Å². The van der Waals surface area contributed by atoms with Gasteiger partial charge >= 0.3 is 0 Å². The molecule has 0 atom stereocenters. The monoisotopic (exact) mass is 296 g/mol. The zero-order chi connectivity index (χ0) is 15.5. The molecule has 1 aliphatic rings. The third-order valence-corrected chi connectivity index (χ3v) is 4.83. The van der Waals surface area contributed by atoms with Gasteiger partial charge in [-0.2, -0.15) is 0 Å². The van der Waals surface area contributed by atoms with Gasteiger partial charge in [-0.3, -0.25) is 4.90 Å². The number of hydrogen-bond donors (Lipinski definition) is 1. The molecule has 1 fully saturated rings. The van der Waals surface area contributed by atoms with Crippen LogP contribution in [0.4, 0.5) is 0 Å². The molecule has 0 aliphatic carbocycles. The molecule has 3 nitrogen and oxygen atoms in total. The zero-order valence-electron chi connectivity index (χ0n) is 13.5. The van der Waals surface area contributed by atoms with Crippen molar-refractivity contribution in [2.45, 2.75) is 32.7 Å². The SMILES string of the molecule is C#CCC1CCN(Cc2c(OC)cc(C)c3[nH]ccc23)CC1. The molecular weight excluding hydrogens is 272 g/mol. The van der Waals surface area contributed by atoms with Crippen LogP contribution in [0.15, 0.2) is 18.3 Å². The number of aromatic amines is 1. The number of aromatic nitrogens is 1. The lowest BCUT2D eigenvalue weighted by atomic mass is 9.93. The minimum absolute atomic E-state index is 0.702. The summed E-state index contributed by atoms with van der Waals surface area (Å²) in [5.74, 6) is 4.50. The minimum atomic E-state index is 0.702. The first-order valence-corrected chi connectivity index (χ1v) is 8.02. The fraction of sp³-hybridized carbons (Fsp3) is 0.474. The first-order chi connectivity index (χ1) is 10.7. The number of rotatable bonds is 4. The fourth-order valence-electron chi connectivity index (χ4n) is 3.52. The van der Waals surface area contributed by atoms with Crippen molar-refractivity contribution < 1.29 is 4.74 Å². The van der Waals surface area contributed by atoms with Crippen LogP contribution in [0, 0.1) is 25.2 Å². The van der Waals surface area contributed by atoms with Crippen LogP contribution in [0.2, 0.25) is 0 Å². The molecule has 1 saturated heterocycles. The van der Waals surface area contributed by atoms with Crippen molar-refractivity contribution >= 4 is 10.9 Å². The van der Waals surface area contributed by atoms with Crippen molar-refractivity contribution in [2.75, 3.05) is 20.2 Å². The number of benzene rings is 1. The van der Waals surface area contributed by atoms with E-state index in [1.54, 1.807) is 7.11 Å². The number of fused-ring (bicyclic) bond motifs is 1. The quantitative estimate of drug-likeness (QED) is 0.871. The van der Waals surface area contributed by atoms with E-state index in [1.807, 2.05) is 6.20 Å². The summed E-state index contributed by atoms with van der Waals surface area (Å²) in [5, 5.41) is 1.28. The van der Waals surface area contributed by atoms with Gasteiger partial charge in [-0.15, -0.1) is 12.3 Å². The maximum Gasteiger partial charge on any atom is 0.124 e. The Bertz CT molecular complexity index is 687. The van der Waals surface area contributed by atoms with E-state index in [-0.39, 0.29) is 0 Å². The summed E-state index contributed by atoms with van der Waals surface area (Å²) < 4.78 is 5.64. The van der Waals surface area contributed by atoms with Gasteiger partial charge < -0.3 is 9.72 Å². The van der Waals surface area contributed by atoms with E-state index in [0.29, 0.717) is 5.92 Å². The number of hydrogen-bond acceptors (Lipinski definition) is 2. The normalized spacial score (nSPS) is 16.8. The molecule has 3 rings (SSSR count). The molecule has 116 valence electrons. The molecule has 3 heteroatoms. The fourth-order valence-corrected chi connectivity index (χ4v) is 3.52. The van der Waals surface area contributed by atoms with E-state index in [9.17, 15) is 0 Å². The van der Waals surface area contributed by atoms with E-state index in [4.69, 9.17) is 11.2 Å². The second-order valence-electron chi connectivity index (χ2n) is 6.27. The number of methoxy groups -OCH3 is 1. The van der Waals surface area contributed by atoms with E-state index in [0.717, 1.165) is 31.8 Å². The molecular formula is C19H24N2O. The molecule has 2 aromatic rings. The van der Waals surface area contributed by atoms with Crippen LogP contribution in [0.25, 0.3) is 10.9 Å². The molecule has 0 spiro atoms. The van der Waals surface area contributed by atoms with Gasteiger partial charge in [0.15, 0.2) is 0 Å². The number of terminal acetylenes is 1. The van der Waals surface area contributed by atoms with Gasteiger partial charge in [0.05, 0.1) is 7.11 Å². The summed E-state index contributed by atoms with van der Waals surface area (Å²) in [6, 6.07) is 4.30. The summed E-state index contributed by atoms with van der Waals surface area (Å²) >= 11 is 0. The maximum atomic E-state index is 5.64. The van der Waals surface area contributed by atoms with Crippen molar-refractivity contribution in [3.63, 3.8) is 0 Å². The highest BCUT2D eigenvalue weighted by molar-refractivity contribution is 5.88. The predicted octanol–water partition coefficient (Wildman–Crippen LogP) is 3.72. The number of piperidine rings is 1. The van der Waals surface area contributed by atoms with E-state index in [1.165, 1.54) is 34.9 Å². The molecule has 22 heavy (non-hydrogen) atoms. The summed E-state index contributed by atoms with van der Waals surface area (Å²) in [6.45, 7) is 5.31. The van der Waals surface area contributed by atoms with E-state index < -0.39 is 0 Å². The Labute approximate surface area is 132 Å². The first-order valence-electron chi connectivity index (χ1n) is 8.02. The van der Waals surface area contributed by atoms with Crippen molar-refractivity contribution in [1.29, 1.82) is 0 Å². The first kappa shape index (κ1) is 15.0. The largest absolute Gasteiger partial charge is 0.496 e. The molecule has 1 aliphatic heterocycles. The highest BCUT2D eigenvalue weighted by Gasteiger charge is 2.21. The Balaban J connectivity index is 1.81. The Kier molecular flexibility index (Phi) is 4.40. The molecule has 2 heterocycles. The van der Waals surface area contributed by atoms with Crippen LogP contribution in [0.3, 0.4) is 0 Å². The molecule has 0 amide bonds. The number of aryl methyl sites for hydroxylation is 1. The maximum absolute atomic E-state index is 5.64. The van der Waals surface area contributed by atoms with E-state index in [2.05, 4.69) is 34.9 Å². The van der Waals surface area contributed by atoms with Crippen molar-refractivity contribution in [3.05, 3.63) is 29.5 Å². The topological polar surface area (TPSA) is 28.3 Å². The molecule has 0 saturated carbocycles. The van der Waals surface area contributed by atoms with Crippen molar-refractivity contribution in [3.8, 4) is 18.1 Å². The smallest absolute Gasteiger partial charge is 0.124 e. The lowest BCUT2D eigenvalue weighted by Crippen LogP contribution is -2.33. The van der Waals surface area contributed by atoms with Gasteiger partial charge in [-0.1, -0.05) is 0 Å². The van der Waals surface area contributed by atoms with Crippen LogP contribution in [0.5, 0.6) is 5.75 Å². The van der Waals surface area contributed by atoms with Crippen molar-refractivity contribution in [1.82, 2.24) is 9.88 Å². The van der Waals surface area contributed by atoms with Gasteiger partial charge in [0, 0.05) is 35.6 Å². The lowest BCUT2D eigenvalue weighted by Gasteiger charge is -2.31. The minimum Gasteiger partial charge on any atom is -0.496 e. The van der Waals surface area contributed by atoms with Crippen LogP contribution < -0.4 is 4.74 Å². The summed E-state index contributed by atoms with van der Waals surface area (Å²) in [5.41, 5.74) is 3.74. The van der Waals surface area contributed by atoms with Crippen LogP contribution >= 0.6 is 0 Å². The average Bonchev–Trinajstić information content (AvgIpc) is 3.02. The summed E-state index contributed by atoms with van der Waals surface area (Å²) in [7, 11) is 1.76. The zero-order valence-corrected chi connectivity index (χ0v) is 13.5. The number of H-pyrrole nitrogens is 1. The Hall–Kier alpha value is -1.92. The van der Waals surface area contributed by atoms with Gasteiger partial charge in [-0.25, -0.2) is 0 Å². The number of ether oxygens (including phenoxy) is 1. The molecule has 0 unspecified atom stereocenters. The lowest BCUT2D eigenvalue weighted by molar-refractivity contribution is 0.178. The molecule has 1 aromatic carbocycles.